The first kappa shape index (κ1) is 16.3. The van der Waals surface area contributed by atoms with Crippen LogP contribution in [0.5, 0.6) is 0 Å². The van der Waals surface area contributed by atoms with Crippen molar-refractivity contribution in [3.8, 4) is 21.8 Å². The molecule has 0 bridgehead atoms. The van der Waals surface area contributed by atoms with Crippen molar-refractivity contribution in [3.63, 3.8) is 0 Å². The average molecular weight is 370 g/mol. The topological polar surface area (TPSA) is 50.3 Å². The lowest BCUT2D eigenvalue weighted by Gasteiger charge is -2.18. The lowest BCUT2D eigenvalue weighted by atomic mass is 10.1. The maximum absolute atomic E-state index is 12.2. The van der Waals surface area contributed by atoms with Gasteiger partial charge in [0.25, 0.3) is 0 Å². The van der Waals surface area contributed by atoms with Gasteiger partial charge in [0, 0.05) is 23.1 Å². The van der Waals surface area contributed by atoms with E-state index >= 15 is 0 Å². The average Bonchev–Trinajstić information content (AvgIpc) is 3.29. The molecule has 1 aromatic heterocycles. The molecule has 0 amide bonds. The third kappa shape index (κ3) is 2.96. The molecule has 0 radical (unpaired) electrons. The van der Waals surface area contributed by atoms with E-state index in [9.17, 15) is 8.42 Å². The third-order valence-electron chi connectivity index (χ3n) is 4.45. The van der Waals surface area contributed by atoms with Crippen LogP contribution in [-0.4, -0.2) is 25.7 Å². The summed E-state index contributed by atoms with van der Waals surface area (Å²) in [7, 11) is -3.20. The lowest BCUT2D eigenvalue weighted by molar-refractivity contribution is 0.593. The van der Waals surface area contributed by atoms with Gasteiger partial charge in [-0.2, -0.15) is 0 Å². The minimum atomic E-state index is -3.20. The largest absolute Gasteiger partial charge is 0.270 e. The van der Waals surface area contributed by atoms with E-state index in [1.807, 2.05) is 30.3 Å². The minimum Gasteiger partial charge on any atom is -0.270 e. The molecular formula is C19H18N2O2S2. The number of hydrogen-bond acceptors (Lipinski definition) is 4. The van der Waals surface area contributed by atoms with Crippen molar-refractivity contribution >= 4 is 27.0 Å². The maximum Gasteiger partial charge on any atom is 0.234 e. The van der Waals surface area contributed by atoms with E-state index in [0.29, 0.717) is 6.54 Å². The van der Waals surface area contributed by atoms with Crippen molar-refractivity contribution in [1.29, 1.82) is 0 Å². The lowest BCUT2D eigenvalue weighted by Crippen LogP contribution is -2.30. The van der Waals surface area contributed by atoms with E-state index in [4.69, 9.17) is 4.98 Å². The van der Waals surface area contributed by atoms with Crippen LogP contribution in [0, 0.1) is 0 Å². The van der Waals surface area contributed by atoms with Crippen molar-refractivity contribution < 1.29 is 8.42 Å². The highest BCUT2D eigenvalue weighted by Gasteiger charge is 2.28. The molecule has 0 spiro atoms. The summed E-state index contributed by atoms with van der Waals surface area (Å²) in [6, 6.07) is 16.1. The number of benzene rings is 2. The first-order chi connectivity index (χ1) is 12.1. The van der Waals surface area contributed by atoms with Gasteiger partial charge in [0.05, 0.1) is 17.1 Å². The fourth-order valence-electron chi connectivity index (χ4n) is 3.10. The van der Waals surface area contributed by atoms with Crippen LogP contribution < -0.4 is 4.31 Å². The SMILES string of the molecule is CCS(=O)(=O)N1CCc2cc(-c3csc(-c4ccccc4)n3)ccc21. The molecule has 1 aliphatic rings. The molecule has 0 fully saturated rings. The second-order valence-electron chi connectivity index (χ2n) is 5.97. The van der Waals surface area contributed by atoms with Gasteiger partial charge in [-0.25, -0.2) is 13.4 Å². The molecule has 3 aromatic rings. The Morgan fingerprint density at radius 2 is 1.92 bits per heavy atom. The van der Waals surface area contributed by atoms with E-state index in [1.54, 1.807) is 18.3 Å². The van der Waals surface area contributed by atoms with Crippen LogP contribution in [-0.2, 0) is 16.4 Å². The molecule has 0 N–H and O–H groups in total. The predicted molar refractivity (Wildman–Crippen MR) is 103 cm³/mol. The van der Waals surface area contributed by atoms with Gasteiger partial charge in [-0.1, -0.05) is 36.4 Å². The van der Waals surface area contributed by atoms with Crippen molar-refractivity contribution in [2.75, 3.05) is 16.6 Å². The van der Waals surface area contributed by atoms with Gasteiger partial charge in [0.15, 0.2) is 0 Å². The summed E-state index contributed by atoms with van der Waals surface area (Å²) in [5.41, 5.74) is 4.96. The van der Waals surface area contributed by atoms with Crippen LogP contribution >= 0.6 is 11.3 Å². The molecule has 0 unspecified atom stereocenters. The summed E-state index contributed by atoms with van der Waals surface area (Å²) < 4.78 is 25.9. The smallest absolute Gasteiger partial charge is 0.234 e. The summed E-state index contributed by atoms with van der Waals surface area (Å²) in [6.07, 6.45) is 0.748. The Balaban J connectivity index is 1.67. The molecule has 2 aromatic carbocycles. The first-order valence-corrected chi connectivity index (χ1v) is 10.7. The van der Waals surface area contributed by atoms with Crippen LogP contribution in [0.2, 0.25) is 0 Å². The summed E-state index contributed by atoms with van der Waals surface area (Å²) in [5, 5.41) is 3.05. The van der Waals surface area contributed by atoms with E-state index < -0.39 is 10.0 Å². The maximum atomic E-state index is 12.2. The standard InChI is InChI=1S/C19H18N2O2S2/c1-2-25(22,23)21-11-10-16-12-15(8-9-18(16)21)17-13-24-19(20-17)14-6-4-3-5-7-14/h3-9,12-13H,2,10-11H2,1H3. The number of fused-ring (bicyclic) bond motifs is 1. The number of anilines is 1. The van der Waals surface area contributed by atoms with E-state index in [0.717, 1.165) is 39.5 Å². The number of hydrogen-bond donors (Lipinski definition) is 0. The number of rotatable bonds is 4. The van der Waals surface area contributed by atoms with Crippen molar-refractivity contribution in [1.82, 2.24) is 4.98 Å². The monoisotopic (exact) mass is 370 g/mol. The molecule has 0 saturated heterocycles. The molecule has 0 saturated carbocycles. The van der Waals surface area contributed by atoms with Crippen LogP contribution in [0.4, 0.5) is 5.69 Å². The highest BCUT2D eigenvalue weighted by atomic mass is 32.2. The first-order valence-electron chi connectivity index (χ1n) is 8.23. The van der Waals surface area contributed by atoms with Crippen molar-refractivity contribution in [2.24, 2.45) is 0 Å². The zero-order valence-electron chi connectivity index (χ0n) is 13.8. The Hall–Kier alpha value is -2.18. The van der Waals surface area contributed by atoms with Gasteiger partial charge >= 0.3 is 0 Å². The van der Waals surface area contributed by atoms with Crippen LogP contribution in [0.1, 0.15) is 12.5 Å². The molecule has 0 atom stereocenters. The fourth-order valence-corrected chi connectivity index (χ4v) is 5.09. The van der Waals surface area contributed by atoms with E-state index in [1.165, 1.54) is 4.31 Å². The Morgan fingerprint density at radius 1 is 1.12 bits per heavy atom. The zero-order chi connectivity index (χ0) is 17.4. The Labute approximate surface area is 151 Å². The molecule has 128 valence electrons. The molecule has 1 aliphatic heterocycles. The highest BCUT2D eigenvalue weighted by molar-refractivity contribution is 7.92. The van der Waals surface area contributed by atoms with Crippen LogP contribution in [0.25, 0.3) is 21.8 Å². The highest BCUT2D eigenvalue weighted by Crippen LogP contribution is 2.35. The van der Waals surface area contributed by atoms with Gasteiger partial charge in [-0.3, -0.25) is 4.31 Å². The zero-order valence-corrected chi connectivity index (χ0v) is 15.5. The summed E-state index contributed by atoms with van der Waals surface area (Å²) in [5.74, 6) is 0.126. The number of sulfonamides is 1. The fraction of sp³-hybridized carbons (Fsp3) is 0.211. The molecule has 2 heterocycles. The second-order valence-corrected chi connectivity index (χ2v) is 9.01. The van der Waals surface area contributed by atoms with Gasteiger partial charge in [0.2, 0.25) is 10.0 Å². The minimum absolute atomic E-state index is 0.126. The van der Waals surface area contributed by atoms with Gasteiger partial charge in [-0.05, 0) is 31.0 Å². The molecular weight excluding hydrogens is 352 g/mol. The number of aromatic nitrogens is 1. The van der Waals surface area contributed by atoms with E-state index in [-0.39, 0.29) is 5.75 Å². The Bertz CT molecular complexity index is 1010. The second kappa shape index (κ2) is 6.28. The van der Waals surface area contributed by atoms with Gasteiger partial charge in [0.1, 0.15) is 5.01 Å². The summed E-state index contributed by atoms with van der Waals surface area (Å²) in [6.45, 7) is 2.21. The third-order valence-corrected chi connectivity index (χ3v) is 7.13. The summed E-state index contributed by atoms with van der Waals surface area (Å²) >= 11 is 1.62. The molecule has 25 heavy (non-hydrogen) atoms. The van der Waals surface area contributed by atoms with Crippen LogP contribution in [0.3, 0.4) is 0 Å². The molecule has 4 nitrogen and oxygen atoms in total. The molecule has 6 heteroatoms. The molecule has 0 aliphatic carbocycles. The van der Waals surface area contributed by atoms with Gasteiger partial charge in [-0.15, -0.1) is 11.3 Å². The number of nitrogens with zero attached hydrogens (tertiary/aromatic N) is 2. The molecule has 4 rings (SSSR count). The van der Waals surface area contributed by atoms with Gasteiger partial charge < -0.3 is 0 Å². The summed E-state index contributed by atoms with van der Waals surface area (Å²) in [4.78, 5) is 4.75. The van der Waals surface area contributed by atoms with Crippen LogP contribution in [0.15, 0.2) is 53.9 Å². The quantitative estimate of drug-likeness (QED) is 0.692. The van der Waals surface area contributed by atoms with Crippen molar-refractivity contribution in [2.45, 2.75) is 13.3 Å². The Morgan fingerprint density at radius 3 is 2.68 bits per heavy atom. The Kier molecular flexibility index (Phi) is 4.09. The number of thiazole rings is 1. The predicted octanol–water partition coefficient (Wildman–Crippen LogP) is 4.19. The van der Waals surface area contributed by atoms with E-state index in [2.05, 4.69) is 23.6 Å². The van der Waals surface area contributed by atoms with Crippen molar-refractivity contribution in [3.05, 3.63) is 59.5 Å². The normalized spacial score (nSPS) is 13.9.